The monoisotopic (exact) mass is 265 g/mol. The summed E-state index contributed by atoms with van der Waals surface area (Å²) in [7, 11) is 0. The number of hydrogen-bond donors (Lipinski definition) is 1. The van der Waals surface area contributed by atoms with Crippen molar-refractivity contribution >= 4 is 5.91 Å². The van der Waals surface area contributed by atoms with E-state index in [1.807, 2.05) is 44.2 Å². The van der Waals surface area contributed by atoms with Crippen LogP contribution in [-0.2, 0) is 20.9 Å². The number of ether oxygens (including phenoxy) is 2. The van der Waals surface area contributed by atoms with Crippen LogP contribution in [0.3, 0.4) is 0 Å². The van der Waals surface area contributed by atoms with E-state index in [4.69, 9.17) is 9.47 Å². The summed E-state index contributed by atoms with van der Waals surface area (Å²) in [5.74, 6) is -0.0724. The molecule has 4 nitrogen and oxygen atoms in total. The van der Waals surface area contributed by atoms with Crippen LogP contribution < -0.4 is 5.32 Å². The molecule has 0 aliphatic heterocycles. The first kappa shape index (κ1) is 15.7. The van der Waals surface area contributed by atoms with E-state index in [0.717, 1.165) is 12.0 Å². The zero-order chi connectivity index (χ0) is 13.9. The van der Waals surface area contributed by atoms with Crippen molar-refractivity contribution in [1.29, 1.82) is 0 Å². The summed E-state index contributed by atoms with van der Waals surface area (Å²) in [5, 5.41) is 2.79. The van der Waals surface area contributed by atoms with Crippen molar-refractivity contribution in [2.45, 2.75) is 33.0 Å². The van der Waals surface area contributed by atoms with E-state index in [9.17, 15) is 4.79 Å². The highest BCUT2D eigenvalue weighted by atomic mass is 16.5. The summed E-state index contributed by atoms with van der Waals surface area (Å²) in [6, 6.07) is 10.0. The second-order valence-corrected chi connectivity index (χ2v) is 4.60. The van der Waals surface area contributed by atoms with Gasteiger partial charge in [0.05, 0.1) is 12.7 Å². The van der Waals surface area contributed by atoms with E-state index >= 15 is 0 Å². The smallest absolute Gasteiger partial charge is 0.246 e. The summed E-state index contributed by atoms with van der Waals surface area (Å²) in [6.07, 6.45) is 0.889. The molecule has 1 amide bonds. The molecule has 4 heteroatoms. The van der Waals surface area contributed by atoms with E-state index in [1.54, 1.807) is 0 Å². The van der Waals surface area contributed by atoms with Crippen molar-refractivity contribution in [3.8, 4) is 0 Å². The summed E-state index contributed by atoms with van der Waals surface area (Å²) in [5.41, 5.74) is 1.16. The van der Waals surface area contributed by atoms with Gasteiger partial charge in [0.25, 0.3) is 0 Å². The molecule has 0 spiro atoms. The van der Waals surface area contributed by atoms with Crippen molar-refractivity contribution < 1.29 is 14.3 Å². The second kappa shape index (κ2) is 9.53. The van der Waals surface area contributed by atoms with Crippen LogP contribution in [0.5, 0.6) is 0 Å². The Labute approximate surface area is 115 Å². The molecule has 1 aromatic rings. The number of hydrogen-bond acceptors (Lipinski definition) is 3. The van der Waals surface area contributed by atoms with Crippen molar-refractivity contribution in [3.63, 3.8) is 0 Å². The molecule has 0 saturated heterocycles. The Balaban J connectivity index is 1.95. The van der Waals surface area contributed by atoms with Crippen molar-refractivity contribution in [3.05, 3.63) is 35.9 Å². The Morgan fingerprint density at radius 3 is 2.68 bits per heavy atom. The minimum atomic E-state index is -0.0724. The lowest BCUT2D eigenvalue weighted by Gasteiger charge is -2.08. The number of carbonyl (C=O) groups excluding carboxylic acids is 1. The third kappa shape index (κ3) is 8.35. The third-order valence-corrected chi connectivity index (χ3v) is 2.45. The molecule has 106 valence electrons. The van der Waals surface area contributed by atoms with Crippen molar-refractivity contribution in [2.75, 3.05) is 19.8 Å². The van der Waals surface area contributed by atoms with Gasteiger partial charge in [0.15, 0.2) is 0 Å². The van der Waals surface area contributed by atoms with E-state index in [2.05, 4.69) is 5.32 Å². The maximum atomic E-state index is 11.3. The zero-order valence-corrected chi connectivity index (χ0v) is 11.7. The van der Waals surface area contributed by atoms with Gasteiger partial charge in [-0.05, 0) is 25.8 Å². The van der Waals surface area contributed by atoms with Crippen LogP contribution in [0.25, 0.3) is 0 Å². The Hall–Kier alpha value is -1.39. The van der Waals surface area contributed by atoms with Crippen LogP contribution in [0.1, 0.15) is 25.8 Å². The van der Waals surface area contributed by atoms with Gasteiger partial charge >= 0.3 is 0 Å². The fourth-order valence-electron chi connectivity index (χ4n) is 1.46. The van der Waals surface area contributed by atoms with Crippen LogP contribution in [0.15, 0.2) is 30.3 Å². The third-order valence-electron chi connectivity index (χ3n) is 2.45. The van der Waals surface area contributed by atoms with E-state index in [0.29, 0.717) is 19.8 Å². The zero-order valence-electron chi connectivity index (χ0n) is 11.7. The Kier molecular flexibility index (Phi) is 7.86. The Morgan fingerprint density at radius 1 is 1.26 bits per heavy atom. The lowest BCUT2D eigenvalue weighted by molar-refractivity contribution is -0.127. The minimum absolute atomic E-state index is 0.0724. The van der Waals surface area contributed by atoms with Gasteiger partial charge in [0, 0.05) is 13.2 Å². The molecule has 0 radical (unpaired) electrons. The molecule has 0 fully saturated rings. The molecule has 1 N–H and O–H groups in total. The van der Waals surface area contributed by atoms with Crippen LogP contribution in [0, 0.1) is 0 Å². The SMILES string of the molecule is CC(C)OCC(=O)NCCCOCc1ccccc1. The first-order valence-electron chi connectivity index (χ1n) is 6.68. The van der Waals surface area contributed by atoms with Gasteiger partial charge in [0.1, 0.15) is 6.61 Å². The predicted molar refractivity (Wildman–Crippen MR) is 74.8 cm³/mol. The highest BCUT2D eigenvalue weighted by Crippen LogP contribution is 2.00. The molecule has 0 bridgehead atoms. The van der Waals surface area contributed by atoms with E-state index in [1.165, 1.54) is 0 Å². The number of amides is 1. The van der Waals surface area contributed by atoms with E-state index in [-0.39, 0.29) is 18.6 Å². The number of nitrogens with one attached hydrogen (secondary N) is 1. The molecule has 0 aliphatic carbocycles. The molecule has 0 heterocycles. The van der Waals surface area contributed by atoms with Gasteiger partial charge in [-0.2, -0.15) is 0 Å². The molecule has 0 aromatic heterocycles. The van der Waals surface area contributed by atoms with Gasteiger partial charge in [-0.3, -0.25) is 4.79 Å². The van der Waals surface area contributed by atoms with Gasteiger partial charge in [-0.25, -0.2) is 0 Å². The number of carbonyl (C=O) groups is 1. The average Bonchev–Trinajstić information content (AvgIpc) is 2.41. The Bertz CT molecular complexity index is 352. The lowest BCUT2D eigenvalue weighted by Crippen LogP contribution is -2.30. The average molecular weight is 265 g/mol. The molecule has 0 atom stereocenters. The van der Waals surface area contributed by atoms with E-state index < -0.39 is 0 Å². The van der Waals surface area contributed by atoms with Gasteiger partial charge in [0.2, 0.25) is 5.91 Å². The first-order valence-corrected chi connectivity index (χ1v) is 6.68. The highest BCUT2D eigenvalue weighted by molar-refractivity contribution is 5.77. The summed E-state index contributed by atoms with van der Waals surface area (Å²) in [4.78, 5) is 11.3. The van der Waals surface area contributed by atoms with Crippen molar-refractivity contribution in [2.24, 2.45) is 0 Å². The lowest BCUT2D eigenvalue weighted by atomic mass is 10.2. The maximum Gasteiger partial charge on any atom is 0.246 e. The van der Waals surface area contributed by atoms with Crippen LogP contribution in [-0.4, -0.2) is 31.8 Å². The maximum absolute atomic E-state index is 11.3. The second-order valence-electron chi connectivity index (χ2n) is 4.60. The minimum Gasteiger partial charge on any atom is -0.377 e. The number of rotatable bonds is 9. The van der Waals surface area contributed by atoms with Gasteiger partial charge in [-0.15, -0.1) is 0 Å². The fourth-order valence-corrected chi connectivity index (χ4v) is 1.46. The Morgan fingerprint density at radius 2 is 2.00 bits per heavy atom. The highest BCUT2D eigenvalue weighted by Gasteiger charge is 2.02. The molecule has 1 aromatic carbocycles. The first-order chi connectivity index (χ1) is 9.18. The molecular formula is C15H23NO3. The molecule has 0 aliphatic rings. The van der Waals surface area contributed by atoms with Crippen LogP contribution in [0.4, 0.5) is 0 Å². The van der Waals surface area contributed by atoms with Crippen LogP contribution in [0.2, 0.25) is 0 Å². The van der Waals surface area contributed by atoms with Gasteiger partial charge < -0.3 is 14.8 Å². The van der Waals surface area contributed by atoms with Crippen molar-refractivity contribution in [1.82, 2.24) is 5.32 Å². The predicted octanol–water partition coefficient (Wildman–Crippen LogP) is 2.13. The topological polar surface area (TPSA) is 47.6 Å². The normalized spacial score (nSPS) is 10.7. The molecule has 1 rings (SSSR count). The fraction of sp³-hybridized carbons (Fsp3) is 0.533. The number of benzene rings is 1. The molecular weight excluding hydrogens is 242 g/mol. The van der Waals surface area contributed by atoms with Crippen LogP contribution >= 0.6 is 0 Å². The summed E-state index contributed by atoms with van der Waals surface area (Å²) < 4.78 is 10.7. The molecule has 19 heavy (non-hydrogen) atoms. The van der Waals surface area contributed by atoms with Gasteiger partial charge in [-0.1, -0.05) is 30.3 Å². The summed E-state index contributed by atoms with van der Waals surface area (Å²) in [6.45, 7) is 5.82. The molecule has 0 unspecified atom stereocenters. The quantitative estimate of drug-likeness (QED) is 0.696. The largest absolute Gasteiger partial charge is 0.377 e. The standard InChI is InChI=1S/C15H23NO3/c1-13(2)19-12-15(17)16-9-6-10-18-11-14-7-4-3-5-8-14/h3-5,7-8,13H,6,9-12H2,1-2H3,(H,16,17). The molecule has 0 saturated carbocycles. The summed E-state index contributed by atoms with van der Waals surface area (Å²) >= 11 is 0.